The summed E-state index contributed by atoms with van der Waals surface area (Å²) in [6, 6.07) is 0.538. The van der Waals surface area contributed by atoms with Crippen LogP contribution < -0.4 is 5.32 Å². The fourth-order valence-electron chi connectivity index (χ4n) is 4.65. The lowest BCUT2D eigenvalue weighted by Crippen LogP contribution is -2.33. The third-order valence-corrected chi connectivity index (χ3v) is 6.76. The molecule has 2 aliphatic carbocycles. The van der Waals surface area contributed by atoms with Gasteiger partial charge in [0.05, 0.1) is 18.6 Å². The van der Waals surface area contributed by atoms with Crippen LogP contribution in [0.4, 0.5) is 4.39 Å². The van der Waals surface area contributed by atoms with Gasteiger partial charge >= 0.3 is 0 Å². The van der Waals surface area contributed by atoms with Gasteiger partial charge in [0.15, 0.2) is 5.82 Å². The summed E-state index contributed by atoms with van der Waals surface area (Å²) in [4.78, 5) is 8.98. The van der Waals surface area contributed by atoms with Crippen LogP contribution in [0.15, 0.2) is 24.8 Å². The average Bonchev–Trinajstić information content (AvgIpc) is 3.31. The van der Waals surface area contributed by atoms with Crippen LogP contribution in [-0.4, -0.2) is 36.0 Å². The Morgan fingerprint density at radius 2 is 1.84 bits per heavy atom. The molecule has 2 N–H and O–H groups in total. The van der Waals surface area contributed by atoms with E-state index in [2.05, 4.69) is 30.6 Å². The molecule has 0 amide bonds. The van der Waals surface area contributed by atoms with Crippen molar-refractivity contribution >= 4 is 0 Å². The summed E-state index contributed by atoms with van der Waals surface area (Å²) in [5.41, 5.74) is 3.49. The molecular weight excluding hydrogens is 393 g/mol. The maximum atomic E-state index is 14.7. The summed E-state index contributed by atoms with van der Waals surface area (Å²) in [5, 5.41) is 14.9. The van der Waals surface area contributed by atoms with E-state index in [9.17, 15) is 4.39 Å². The number of aromatic nitrogens is 6. The lowest BCUT2D eigenvalue weighted by Gasteiger charge is -2.28. The first-order chi connectivity index (χ1) is 15.2. The van der Waals surface area contributed by atoms with Crippen molar-refractivity contribution in [1.82, 2.24) is 35.3 Å². The van der Waals surface area contributed by atoms with E-state index in [0.29, 0.717) is 23.6 Å². The highest BCUT2D eigenvalue weighted by atomic mass is 19.1. The molecule has 0 aromatic carbocycles. The van der Waals surface area contributed by atoms with Gasteiger partial charge in [0.2, 0.25) is 0 Å². The van der Waals surface area contributed by atoms with Gasteiger partial charge in [0.1, 0.15) is 11.5 Å². The van der Waals surface area contributed by atoms with E-state index < -0.39 is 0 Å². The molecule has 0 unspecified atom stereocenters. The number of H-pyrrole nitrogens is 1. The van der Waals surface area contributed by atoms with Crippen LogP contribution in [0.3, 0.4) is 0 Å². The predicted octanol–water partition coefficient (Wildman–Crippen LogP) is 3.58. The summed E-state index contributed by atoms with van der Waals surface area (Å²) in [5.74, 6) is 1.63. The first-order valence-corrected chi connectivity index (χ1v) is 11.4. The summed E-state index contributed by atoms with van der Waals surface area (Å²) in [6.07, 6.45) is 15.7. The molecule has 2 saturated carbocycles. The molecule has 3 heterocycles. The Morgan fingerprint density at radius 3 is 2.58 bits per heavy atom. The topological polar surface area (TPSA) is 84.3 Å². The van der Waals surface area contributed by atoms with Crippen molar-refractivity contribution in [2.24, 2.45) is 18.9 Å². The first-order valence-electron chi connectivity index (χ1n) is 11.4. The van der Waals surface area contributed by atoms with Gasteiger partial charge in [-0.25, -0.2) is 14.4 Å². The minimum absolute atomic E-state index is 0.360. The molecule has 3 aromatic heterocycles. The van der Waals surface area contributed by atoms with Gasteiger partial charge in [-0.15, -0.1) is 0 Å². The summed E-state index contributed by atoms with van der Waals surface area (Å²) < 4.78 is 16.5. The Balaban J connectivity index is 1.21. The number of hydrogen-bond donors (Lipinski definition) is 2. The molecule has 2 fully saturated rings. The molecule has 31 heavy (non-hydrogen) atoms. The number of nitrogens with one attached hydrogen (secondary N) is 2. The molecule has 3 aromatic rings. The Morgan fingerprint density at radius 1 is 1.06 bits per heavy atom. The molecule has 0 bridgehead atoms. The molecule has 0 saturated heterocycles. The lowest BCUT2D eigenvalue weighted by atomic mass is 9.84. The second-order valence-electron chi connectivity index (χ2n) is 9.17. The summed E-state index contributed by atoms with van der Waals surface area (Å²) in [6.45, 7) is 0.852. The normalized spacial score (nSPS) is 21.5. The number of hydrogen-bond acceptors (Lipinski definition) is 5. The van der Waals surface area contributed by atoms with E-state index in [1.54, 1.807) is 6.20 Å². The molecule has 0 radical (unpaired) electrons. The van der Waals surface area contributed by atoms with Gasteiger partial charge < -0.3 is 5.32 Å². The van der Waals surface area contributed by atoms with E-state index in [0.717, 1.165) is 62.2 Å². The second kappa shape index (κ2) is 8.86. The SMILES string of the molecule is Cn1ncc(-c2nc(CC3CCC(NCc4cn[nH]c4)CC3)ncc2F)c1CC1CC1. The van der Waals surface area contributed by atoms with Gasteiger partial charge in [-0.05, 0) is 56.8 Å². The Hall–Kier alpha value is -2.61. The highest BCUT2D eigenvalue weighted by molar-refractivity contribution is 5.61. The molecule has 8 heteroatoms. The van der Waals surface area contributed by atoms with Crippen molar-refractivity contribution in [3.05, 3.63) is 47.7 Å². The minimum Gasteiger partial charge on any atom is -0.310 e. The molecular formula is C23H30FN7. The van der Waals surface area contributed by atoms with E-state index in [-0.39, 0.29) is 5.82 Å². The minimum atomic E-state index is -0.360. The van der Waals surface area contributed by atoms with Crippen LogP contribution in [0, 0.1) is 17.7 Å². The maximum absolute atomic E-state index is 14.7. The average molecular weight is 424 g/mol. The molecule has 0 aliphatic heterocycles. The highest BCUT2D eigenvalue weighted by Gasteiger charge is 2.27. The largest absolute Gasteiger partial charge is 0.310 e. The number of nitrogens with zero attached hydrogens (tertiary/aromatic N) is 5. The van der Waals surface area contributed by atoms with Crippen LogP contribution in [0.2, 0.25) is 0 Å². The molecule has 5 rings (SSSR count). The van der Waals surface area contributed by atoms with Crippen LogP contribution in [0.5, 0.6) is 0 Å². The molecule has 0 spiro atoms. The zero-order valence-electron chi connectivity index (χ0n) is 18.0. The van der Waals surface area contributed by atoms with E-state index in [1.165, 1.54) is 24.6 Å². The Labute approximate surface area is 181 Å². The standard InChI is InChI=1S/C23H30FN7/c1-31-21(8-15-2-3-15)19(13-29-31)23-20(24)14-26-22(30-23)9-16-4-6-18(7-5-16)25-10-17-11-27-28-12-17/h11-16,18,25H,2-10H2,1H3,(H,27,28). The summed E-state index contributed by atoms with van der Waals surface area (Å²) in [7, 11) is 1.93. The van der Waals surface area contributed by atoms with Crippen molar-refractivity contribution in [3.63, 3.8) is 0 Å². The van der Waals surface area contributed by atoms with Crippen LogP contribution in [0.25, 0.3) is 11.3 Å². The van der Waals surface area contributed by atoms with Gasteiger partial charge in [-0.2, -0.15) is 10.2 Å². The molecule has 7 nitrogen and oxygen atoms in total. The maximum Gasteiger partial charge on any atom is 0.167 e. The number of rotatable bonds is 8. The van der Waals surface area contributed by atoms with E-state index in [1.807, 2.05) is 24.1 Å². The lowest BCUT2D eigenvalue weighted by molar-refractivity contribution is 0.286. The van der Waals surface area contributed by atoms with Crippen LogP contribution in [0.1, 0.15) is 55.6 Å². The monoisotopic (exact) mass is 423 g/mol. The zero-order valence-corrected chi connectivity index (χ0v) is 18.0. The highest BCUT2D eigenvalue weighted by Crippen LogP contribution is 2.36. The quantitative estimate of drug-likeness (QED) is 0.579. The Kier molecular flexibility index (Phi) is 5.80. The predicted molar refractivity (Wildman–Crippen MR) is 115 cm³/mol. The zero-order chi connectivity index (χ0) is 21.2. The number of aryl methyl sites for hydroxylation is 1. The van der Waals surface area contributed by atoms with Gasteiger partial charge in [-0.3, -0.25) is 9.78 Å². The van der Waals surface area contributed by atoms with E-state index >= 15 is 0 Å². The molecule has 164 valence electrons. The first kappa shape index (κ1) is 20.3. The summed E-state index contributed by atoms with van der Waals surface area (Å²) >= 11 is 0. The van der Waals surface area contributed by atoms with Crippen molar-refractivity contribution in [2.45, 2.75) is 64.0 Å². The molecule has 0 atom stereocenters. The van der Waals surface area contributed by atoms with Crippen molar-refractivity contribution in [1.29, 1.82) is 0 Å². The van der Waals surface area contributed by atoms with Gasteiger partial charge in [0.25, 0.3) is 0 Å². The van der Waals surface area contributed by atoms with Crippen molar-refractivity contribution < 1.29 is 4.39 Å². The number of halogens is 1. The Bertz CT molecular complexity index is 1000. The fraction of sp³-hybridized carbons (Fsp3) is 0.565. The second-order valence-corrected chi connectivity index (χ2v) is 9.17. The van der Waals surface area contributed by atoms with Gasteiger partial charge in [0, 0.05) is 49.1 Å². The smallest absolute Gasteiger partial charge is 0.167 e. The van der Waals surface area contributed by atoms with Crippen LogP contribution in [-0.2, 0) is 26.4 Å². The number of aromatic amines is 1. The molecule has 2 aliphatic rings. The van der Waals surface area contributed by atoms with Crippen LogP contribution >= 0.6 is 0 Å². The van der Waals surface area contributed by atoms with Gasteiger partial charge in [-0.1, -0.05) is 0 Å². The van der Waals surface area contributed by atoms with Crippen molar-refractivity contribution in [2.75, 3.05) is 0 Å². The third kappa shape index (κ3) is 4.84. The third-order valence-electron chi connectivity index (χ3n) is 6.76. The van der Waals surface area contributed by atoms with Crippen molar-refractivity contribution in [3.8, 4) is 11.3 Å². The fourth-order valence-corrected chi connectivity index (χ4v) is 4.65. The van der Waals surface area contributed by atoms with E-state index in [4.69, 9.17) is 0 Å².